The monoisotopic (exact) mass is 577 g/mol. The number of sulfone groups is 1. The number of hydrogen-bond donors (Lipinski definition) is 1. The van der Waals surface area contributed by atoms with Gasteiger partial charge in [0.15, 0.2) is 15.5 Å². The molecule has 1 amide bonds. The van der Waals surface area contributed by atoms with Gasteiger partial charge in [0.05, 0.1) is 33.3 Å². The highest BCUT2D eigenvalue weighted by Crippen LogP contribution is 2.37. The summed E-state index contributed by atoms with van der Waals surface area (Å²) >= 11 is 7.98. The Morgan fingerprint density at radius 1 is 0.974 bits per heavy atom. The second-order valence-corrected chi connectivity index (χ2v) is 12.2. The Hall–Kier alpha value is -3.92. The van der Waals surface area contributed by atoms with Gasteiger partial charge in [-0.15, -0.1) is 11.3 Å². The topological polar surface area (TPSA) is 90.3 Å². The van der Waals surface area contributed by atoms with Crippen LogP contribution < -0.4 is 10.1 Å². The van der Waals surface area contributed by atoms with E-state index < -0.39 is 9.84 Å². The van der Waals surface area contributed by atoms with E-state index in [1.807, 2.05) is 60.7 Å². The van der Waals surface area contributed by atoms with Crippen molar-refractivity contribution in [2.45, 2.75) is 11.4 Å². The molecule has 0 fully saturated rings. The molecule has 0 bridgehead atoms. The third kappa shape index (κ3) is 5.75. The van der Waals surface area contributed by atoms with Gasteiger partial charge in [0.1, 0.15) is 5.75 Å². The molecule has 0 unspecified atom stereocenters. The normalized spacial score (nSPS) is 11.4. The van der Waals surface area contributed by atoms with Crippen molar-refractivity contribution in [3.8, 4) is 32.4 Å². The molecular formula is C29H24ClN3O4S2. The van der Waals surface area contributed by atoms with Crippen molar-refractivity contribution < 1.29 is 17.9 Å². The Balaban J connectivity index is 1.51. The third-order valence-electron chi connectivity index (χ3n) is 6.06. The molecule has 5 rings (SSSR count). The van der Waals surface area contributed by atoms with Gasteiger partial charge in [-0.25, -0.2) is 13.1 Å². The van der Waals surface area contributed by atoms with Crippen molar-refractivity contribution in [2.24, 2.45) is 0 Å². The van der Waals surface area contributed by atoms with Crippen LogP contribution in [0.3, 0.4) is 0 Å². The van der Waals surface area contributed by atoms with Gasteiger partial charge in [-0.3, -0.25) is 4.79 Å². The fraction of sp³-hybridized carbons (Fsp3) is 0.103. The number of aromatic nitrogens is 2. The predicted octanol–water partition coefficient (Wildman–Crippen LogP) is 6.26. The highest BCUT2D eigenvalue weighted by atomic mass is 35.5. The number of nitrogens with zero attached hydrogens (tertiary/aromatic N) is 2. The Labute approximate surface area is 235 Å². The first kappa shape index (κ1) is 26.7. The summed E-state index contributed by atoms with van der Waals surface area (Å²) in [5.74, 6) is 0.344. The summed E-state index contributed by atoms with van der Waals surface area (Å²) in [7, 11) is -1.75. The smallest absolute Gasteiger partial charge is 0.272 e. The van der Waals surface area contributed by atoms with E-state index in [2.05, 4.69) is 10.4 Å². The average Bonchev–Trinajstić information content (AvgIpc) is 3.60. The lowest BCUT2D eigenvalue weighted by Crippen LogP contribution is -2.23. The molecule has 0 aliphatic rings. The molecule has 0 saturated heterocycles. The highest BCUT2D eigenvalue weighted by molar-refractivity contribution is 7.90. The molecule has 39 heavy (non-hydrogen) atoms. The number of ether oxygens (including phenoxy) is 1. The average molecular weight is 578 g/mol. The number of hydrogen-bond acceptors (Lipinski definition) is 6. The highest BCUT2D eigenvalue weighted by Gasteiger charge is 2.20. The van der Waals surface area contributed by atoms with E-state index in [0.29, 0.717) is 22.2 Å². The number of methoxy groups -OCH3 is 1. The molecule has 0 aliphatic heterocycles. The number of carbonyl (C=O) groups is 1. The molecular weight excluding hydrogens is 554 g/mol. The summed E-state index contributed by atoms with van der Waals surface area (Å²) in [5.41, 5.74) is 3.17. The summed E-state index contributed by atoms with van der Waals surface area (Å²) in [4.78, 5) is 15.1. The molecule has 0 saturated carbocycles. The first-order valence-electron chi connectivity index (χ1n) is 11.9. The summed E-state index contributed by atoms with van der Waals surface area (Å²) in [6.45, 7) is 0.275. The number of carbonyl (C=O) groups excluding carboxylic acids is 1. The van der Waals surface area contributed by atoms with E-state index >= 15 is 0 Å². The van der Waals surface area contributed by atoms with E-state index in [0.717, 1.165) is 20.9 Å². The standard InChI is InChI=1S/C29H24ClN3O4S2/c1-37-26-13-6-3-8-20(26)18-31-29(34)23-17-25(33(32-23)24-12-5-4-11-22(24)30)28-15-14-27(38-28)19-9-7-10-21(16-19)39(2,35)36/h3-17H,18H2,1-2H3,(H,31,34). The zero-order valence-corrected chi connectivity index (χ0v) is 23.5. The van der Waals surface area contributed by atoms with Crippen molar-refractivity contribution in [1.82, 2.24) is 15.1 Å². The maximum Gasteiger partial charge on any atom is 0.272 e. The lowest BCUT2D eigenvalue weighted by molar-refractivity contribution is 0.0945. The fourth-order valence-corrected chi connectivity index (χ4v) is 5.99. The van der Waals surface area contributed by atoms with Gasteiger partial charge >= 0.3 is 0 Å². The largest absolute Gasteiger partial charge is 0.496 e. The number of rotatable bonds is 8. The van der Waals surface area contributed by atoms with Crippen LogP contribution in [0.25, 0.3) is 26.7 Å². The molecule has 1 N–H and O–H groups in total. The van der Waals surface area contributed by atoms with E-state index in [-0.39, 0.29) is 23.0 Å². The molecule has 198 valence electrons. The summed E-state index contributed by atoms with van der Waals surface area (Å²) in [6.07, 6.45) is 1.19. The van der Waals surface area contributed by atoms with E-state index in [1.165, 1.54) is 17.6 Å². The van der Waals surface area contributed by atoms with Crippen LogP contribution in [0, 0.1) is 0 Å². The molecule has 5 aromatic rings. The van der Waals surface area contributed by atoms with Crippen LogP contribution in [0.1, 0.15) is 16.1 Å². The molecule has 3 aromatic carbocycles. The minimum atomic E-state index is -3.34. The van der Waals surface area contributed by atoms with Crippen LogP contribution in [0.2, 0.25) is 5.02 Å². The van der Waals surface area contributed by atoms with Crippen LogP contribution in [0.4, 0.5) is 0 Å². The lowest BCUT2D eigenvalue weighted by atomic mass is 10.2. The molecule has 10 heteroatoms. The van der Waals surface area contributed by atoms with E-state index in [1.54, 1.807) is 42.1 Å². The number of para-hydroxylation sites is 2. The minimum Gasteiger partial charge on any atom is -0.496 e. The maximum atomic E-state index is 13.2. The van der Waals surface area contributed by atoms with Gasteiger partial charge in [0.2, 0.25) is 0 Å². The van der Waals surface area contributed by atoms with E-state index in [9.17, 15) is 13.2 Å². The first-order chi connectivity index (χ1) is 18.7. The van der Waals surface area contributed by atoms with Gasteiger partial charge in [0, 0.05) is 23.2 Å². The second-order valence-electron chi connectivity index (χ2n) is 8.74. The Morgan fingerprint density at radius 3 is 2.49 bits per heavy atom. The quantitative estimate of drug-likeness (QED) is 0.235. The van der Waals surface area contributed by atoms with Crippen molar-refractivity contribution >= 4 is 38.7 Å². The molecule has 0 spiro atoms. The van der Waals surface area contributed by atoms with Crippen molar-refractivity contribution in [3.63, 3.8) is 0 Å². The SMILES string of the molecule is COc1ccccc1CNC(=O)c1cc(-c2ccc(-c3cccc(S(C)(=O)=O)c3)s2)n(-c2ccccc2Cl)n1. The van der Waals surface area contributed by atoms with Crippen molar-refractivity contribution in [3.05, 3.63) is 107 Å². The van der Waals surface area contributed by atoms with E-state index in [4.69, 9.17) is 16.3 Å². The Bertz CT molecular complexity index is 1780. The molecule has 0 aliphatic carbocycles. The van der Waals surface area contributed by atoms with Gasteiger partial charge in [-0.1, -0.05) is 54.1 Å². The number of nitrogens with one attached hydrogen (secondary N) is 1. The number of benzene rings is 3. The summed E-state index contributed by atoms with van der Waals surface area (Å²) < 4.78 is 31.2. The third-order valence-corrected chi connectivity index (χ3v) is 8.65. The van der Waals surface area contributed by atoms with Crippen molar-refractivity contribution in [2.75, 3.05) is 13.4 Å². The molecule has 7 nitrogen and oxygen atoms in total. The second kappa shape index (κ2) is 11.1. The zero-order valence-electron chi connectivity index (χ0n) is 21.1. The minimum absolute atomic E-state index is 0.230. The van der Waals surface area contributed by atoms with Crippen LogP contribution in [-0.2, 0) is 16.4 Å². The van der Waals surface area contributed by atoms with Crippen molar-refractivity contribution in [1.29, 1.82) is 0 Å². The molecule has 0 atom stereocenters. The lowest BCUT2D eigenvalue weighted by Gasteiger charge is -2.09. The fourth-order valence-electron chi connectivity index (χ4n) is 4.10. The number of halogens is 1. The van der Waals surface area contributed by atoms with Gasteiger partial charge in [-0.2, -0.15) is 5.10 Å². The maximum absolute atomic E-state index is 13.2. The van der Waals surface area contributed by atoms with Crippen LogP contribution in [-0.4, -0.2) is 37.5 Å². The van der Waals surface area contributed by atoms with Gasteiger partial charge < -0.3 is 10.1 Å². The van der Waals surface area contributed by atoms with Crippen LogP contribution in [0.5, 0.6) is 5.75 Å². The van der Waals surface area contributed by atoms with Gasteiger partial charge in [0.25, 0.3) is 5.91 Å². The summed E-state index contributed by atoms with van der Waals surface area (Å²) in [6, 6.07) is 27.2. The zero-order chi connectivity index (χ0) is 27.6. The number of amides is 1. The van der Waals surface area contributed by atoms with Crippen LogP contribution >= 0.6 is 22.9 Å². The molecule has 2 heterocycles. The Morgan fingerprint density at radius 2 is 1.72 bits per heavy atom. The first-order valence-corrected chi connectivity index (χ1v) is 15.0. The van der Waals surface area contributed by atoms with Gasteiger partial charge in [-0.05, 0) is 54.1 Å². The predicted molar refractivity (Wildman–Crippen MR) is 155 cm³/mol. The molecule has 2 aromatic heterocycles. The Kier molecular flexibility index (Phi) is 7.56. The summed E-state index contributed by atoms with van der Waals surface area (Å²) in [5, 5.41) is 8.02. The number of thiophene rings is 1. The molecule has 0 radical (unpaired) electrons. The van der Waals surface area contributed by atoms with Crippen LogP contribution in [0.15, 0.2) is 95.9 Å².